The lowest BCUT2D eigenvalue weighted by molar-refractivity contribution is -0.0166. The Morgan fingerprint density at radius 2 is 0.667 bits per heavy atom. The first kappa shape index (κ1) is 15.3. The molecule has 8 saturated carbocycles. The molecular formula is C22H30S2. The van der Waals surface area contributed by atoms with Crippen molar-refractivity contribution >= 4 is 34.2 Å². The summed E-state index contributed by atoms with van der Waals surface area (Å²) in [4.78, 5) is 2.64. The van der Waals surface area contributed by atoms with Gasteiger partial charge < -0.3 is 0 Å². The second kappa shape index (κ2) is 4.91. The first-order chi connectivity index (χ1) is 11.5. The molecule has 8 aliphatic rings. The summed E-state index contributed by atoms with van der Waals surface area (Å²) >= 11 is 12.5. The smallest absolute Gasteiger partial charge is 0.0359 e. The van der Waals surface area contributed by atoms with Gasteiger partial charge in [-0.3, -0.25) is 0 Å². The second-order valence-electron chi connectivity index (χ2n) is 11.1. The molecule has 8 aliphatic carbocycles. The van der Waals surface area contributed by atoms with Crippen LogP contribution in [0.15, 0.2) is 0 Å². The van der Waals surface area contributed by atoms with Gasteiger partial charge in [-0.1, -0.05) is 24.4 Å². The number of hydrogen-bond acceptors (Lipinski definition) is 2. The summed E-state index contributed by atoms with van der Waals surface area (Å²) in [6.07, 6.45) is 17.4. The largest absolute Gasteiger partial charge is 0.0831 e. The van der Waals surface area contributed by atoms with Crippen LogP contribution in [0.2, 0.25) is 0 Å². The van der Waals surface area contributed by atoms with Gasteiger partial charge in [0, 0.05) is 20.6 Å². The molecule has 0 atom stereocenters. The van der Waals surface area contributed by atoms with Crippen LogP contribution in [-0.4, -0.2) is 9.73 Å². The molecule has 8 rings (SSSR count). The first-order valence-electron chi connectivity index (χ1n) is 10.6. The highest BCUT2D eigenvalue weighted by molar-refractivity contribution is 7.89. The van der Waals surface area contributed by atoms with Crippen molar-refractivity contribution in [3.8, 4) is 0 Å². The minimum Gasteiger partial charge on any atom is -0.0831 e. The molecule has 0 N–H and O–H groups in total. The molecule has 0 aliphatic heterocycles. The van der Waals surface area contributed by atoms with E-state index in [1.54, 1.807) is 0 Å². The fourth-order valence-corrected chi connectivity index (χ4v) is 10.2. The van der Waals surface area contributed by atoms with E-state index in [9.17, 15) is 0 Å². The van der Waals surface area contributed by atoms with Crippen molar-refractivity contribution in [2.45, 2.75) is 77.0 Å². The molecule has 0 amide bonds. The molecule has 0 aromatic heterocycles. The summed E-state index contributed by atoms with van der Waals surface area (Å²) in [7, 11) is 0. The highest BCUT2D eigenvalue weighted by Crippen LogP contribution is 2.64. The zero-order valence-electron chi connectivity index (χ0n) is 14.8. The van der Waals surface area contributed by atoms with Crippen molar-refractivity contribution in [2.24, 2.45) is 46.3 Å². The maximum atomic E-state index is 6.26. The lowest BCUT2D eigenvalue weighted by Crippen LogP contribution is -2.56. The summed E-state index contributed by atoms with van der Waals surface area (Å²) in [6, 6.07) is 0. The molecule has 8 fully saturated rings. The van der Waals surface area contributed by atoms with Crippen molar-refractivity contribution in [2.75, 3.05) is 0 Å². The molecule has 130 valence electrons. The van der Waals surface area contributed by atoms with Gasteiger partial charge in [0.25, 0.3) is 0 Å². The molecule has 0 nitrogen and oxygen atoms in total. The average Bonchev–Trinajstić information content (AvgIpc) is 2.51. The highest BCUT2D eigenvalue weighted by atomic mass is 32.1. The van der Waals surface area contributed by atoms with Gasteiger partial charge in [0.15, 0.2) is 0 Å². The van der Waals surface area contributed by atoms with E-state index >= 15 is 0 Å². The SMILES string of the molecule is S=C(C(=S)C12CC3CC(CC(C3)C1)C2)C12CC3CC(CC(C3)C1)C2. The topological polar surface area (TPSA) is 0 Å². The van der Waals surface area contributed by atoms with Crippen LogP contribution in [0.5, 0.6) is 0 Å². The average molecular weight is 359 g/mol. The van der Waals surface area contributed by atoms with Crippen LogP contribution in [-0.2, 0) is 0 Å². The van der Waals surface area contributed by atoms with Gasteiger partial charge in [-0.25, -0.2) is 0 Å². The molecule has 0 aromatic rings. The van der Waals surface area contributed by atoms with E-state index in [0.29, 0.717) is 10.8 Å². The minimum atomic E-state index is 0.366. The van der Waals surface area contributed by atoms with Gasteiger partial charge in [0.1, 0.15) is 0 Å². The summed E-state index contributed by atoms with van der Waals surface area (Å²) < 4.78 is 0. The maximum Gasteiger partial charge on any atom is 0.0359 e. The van der Waals surface area contributed by atoms with Crippen LogP contribution in [0.4, 0.5) is 0 Å². The van der Waals surface area contributed by atoms with Crippen LogP contribution in [0, 0.1) is 46.3 Å². The third-order valence-corrected chi connectivity index (χ3v) is 10.6. The fourth-order valence-electron chi connectivity index (χ4n) is 9.26. The molecule has 0 aromatic carbocycles. The summed E-state index contributed by atoms with van der Waals surface area (Å²) in [5.74, 6) is 5.88. The van der Waals surface area contributed by atoms with Crippen molar-refractivity contribution in [1.82, 2.24) is 0 Å². The Labute approximate surface area is 157 Å². The van der Waals surface area contributed by atoms with Crippen LogP contribution in [0.25, 0.3) is 0 Å². The molecule has 0 unspecified atom stereocenters. The standard InChI is InChI=1S/C22H30S2/c23-19(21-7-13-1-14(8-21)3-15(2-13)9-21)20(24)22-10-16-4-17(11-22)6-18(5-16)12-22/h13-18H,1-12H2. The van der Waals surface area contributed by atoms with Crippen molar-refractivity contribution in [3.63, 3.8) is 0 Å². The first-order valence-corrected chi connectivity index (χ1v) is 11.4. The fraction of sp³-hybridized carbons (Fsp3) is 0.909. The Kier molecular flexibility index (Phi) is 3.12. The number of thiocarbonyl (C=S) groups is 2. The summed E-state index contributed by atoms with van der Waals surface area (Å²) in [5, 5.41) is 0. The Hall–Kier alpha value is 0.180. The normalized spacial score (nSPS) is 56.7. The van der Waals surface area contributed by atoms with E-state index in [4.69, 9.17) is 24.4 Å². The quantitative estimate of drug-likeness (QED) is 0.554. The molecule has 0 saturated heterocycles. The van der Waals surface area contributed by atoms with Crippen molar-refractivity contribution in [1.29, 1.82) is 0 Å². The molecule has 24 heavy (non-hydrogen) atoms. The van der Waals surface area contributed by atoms with Crippen LogP contribution >= 0.6 is 24.4 Å². The van der Waals surface area contributed by atoms with Gasteiger partial charge in [-0.15, -0.1) is 0 Å². The van der Waals surface area contributed by atoms with E-state index in [1.807, 2.05) is 0 Å². The molecule has 2 heteroatoms. The number of hydrogen-bond donors (Lipinski definition) is 0. The van der Waals surface area contributed by atoms with E-state index in [1.165, 1.54) is 86.8 Å². The lowest BCUT2D eigenvalue weighted by atomic mass is 9.45. The van der Waals surface area contributed by atoms with E-state index in [2.05, 4.69) is 0 Å². The Balaban J connectivity index is 1.32. The second-order valence-corrected chi connectivity index (χ2v) is 11.9. The third-order valence-electron chi connectivity index (χ3n) is 9.25. The lowest BCUT2D eigenvalue weighted by Gasteiger charge is -2.60. The molecular weight excluding hydrogens is 328 g/mol. The van der Waals surface area contributed by atoms with Gasteiger partial charge in [0.2, 0.25) is 0 Å². The summed E-state index contributed by atoms with van der Waals surface area (Å²) in [5.41, 5.74) is 0.731. The molecule has 0 radical (unpaired) electrons. The van der Waals surface area contributed by atoms with Crippen molar-refractivity contribution < 1.29 is 0 Å². The minimum absolute atomic E-state index is 0.366. The van der Waals surface area contributed by atoms with Gasteiger partial charge >= 0.3 is 0 Å². The van der Waals surface area contributed by atoms with Gasteiger partial charge in [0.05, 0.1) is 0 Å². The Bertz CT molecular complexity index is 491. The van der Waals surface area contributed by atoms with Gasteiger partial charge in [-0.2, -0.15) is 0 Å². The van der Waals surface area contributed by atoms with E-state index in [0.717, 1.165) is 35.5 Å². The molecule has 0 spiro atoms. The Morgan fingerprint density at radius 1 is 0.458 bits per heavy atom. The Morgan fingerprint density at radius 3 is 0.875 bits per heavy atom. The third kappa shape index (κ3) is 2.02. The predicted molar refractivity (Wildman–Crippen MR) is 106 cm³/mol. The number of rotatable bonds is 3. The summed E-state index contributed by atoms with van der Waals surface area (Å²) in [6.45, 7) is 0. The van der Waals surface area contributed by atoms with Crippen molar-refractivity contribution in [3.05, 3.63) is 0 Å². The van der Waals surface area contributed by atoms with E-state index < -0.39 is 0 Å². The monoisotopic (exact) mass is 358 g/mol. The highest BCUT2D eigenvalue weighted by Gasteiger charge is 2.58. The van der Waals surface area contributed by atoms with Gasteiger partial charge in [-0.05, 0) is 113 Å². The van der Waals surface area contributed by atoms with Crippen LogP contribution in [0.1, 0.15) is 77.0 Å². The van der Waals surface area contributed by atoms with Crippen LogP contribution in [0.3, 0.4) is 0 Å². The zero-order chi connectivity index (χ0) is 16.1. The zero-order valence-corrected chi connectivity index (χ0v) is 16.4. The molecule has 0 heterocycles. The van der Waals surface area contributed by atoms with E-state index in [-0.39, 0.29) is 0 Å². The molecule has 8 bridgehead atoms. The van der Waals surface area contributed by atoms with Crippen LogP contribution < -0.4 is 0 Å². The predicted octanol–water partition coefficient (Wildman–Crippen LogP) is 6.16. The maximum absolute atomic E-state index is 6.26.